The Morgan fingerprint density at radius 3 is 2.86 bits per heavy atom. The fraction of sp³-hybridized carbons (Fsp3) is 0.143. The van der Waals surface area contributed by atoms with Crippen molar-refractivity contribution in [2.75, 3.05) is 0 Å². The van der Waals surface area contributed by atoms with Crippen LogP contribution in [0.3, 0.4) is 0 Å². The molecule has 0 spiro atoms. The van der Waals surface area contributed by atoms with E-state index < -0.39 is 10.0 Å². The Bertz CT molecular complexity index is 870. The summed E-state index contributed by atoms with van der Waals surface area (Å²) in [6.45, 7) is 2.01. The van der Waals surface area contributed by atoms with Crippen molar-refractivity contribution in [1.82, 2.24) is 14.9 Å². The number of nitrogens with zero attached hydrogens (tertiary/aromatic N) is 2. The molecule has 0 amide bonds. The molecule has 114 valence electrons. The third-order valence-electron chi connectivity index (χ3n) is 2.91. The third-order valence-corrected chi connectivity index (χ3v) is 5.90. The molecule has 0 atom stereocenters. The van der Waals surface area contributed by atoms with Gasteiger partial charge in [-0.3, -0.25) is 4.98 Å². The Morgan fingerprint density at radius 2 is 2.18 bits per heavy atom. The van der Waals surface area contributed by atoms with E-state index in [1.165, 1.54) is 0 Å². The molecule has 0 unspecified atom stereocenters. The maximum Gasteiger partial charge on any atom is 0.250 e. The van der Waals surface area contributed by atoms with E-state index in [-0.39, 0.29) is 10.8 Å². The van der Waals surface area contributed by atoms with Crippen molar-refractivity contribution in [1.29, 1.82) is 0 Å². The molecule has 3 aromatic rings. The molecule has 0 radical (unpaired) electrons. The SMILES string of the molecule is Cc1cc(-c2ccc(S(=O)(=O)NCc3cccnc3)s2)on1. The van der Waals surface area contributed by atoms with Crippen LogP contribution in [0.2, 0.25) is 0 Å². The molecule has 0 bridgehead atoms. The van der Waals surface area contributed by atoms with Gasteiger partial charge in [-0.15, -0.1) is 11.3 Å². The molecule has 1 N–H and O–H groups in total. The Kier molecular flexibility index (Phi) is 4.06. The molecule has 8 heteroatoms. The normalized spacial score (nSPS) is 11.7. The zero-order chi connectivity index (χ0) is 15.6. The van der Waals surface area contributed by atoms with Gasteiger partial charge in [0, 0.05) is 25.0 Å². The molecule has 3 rings (SSSR count). The summed E-state index contributed by atoms with van der Waals surface area (Å²) in [6.07, 6.45) is 3.27. The number of hydrogen-bond acceptors (Lipinski definition) is 6. The summed E-state index contributed by atoms with van der Waals surface area (Å²) >= 11 is 1.14. The van der Waals surface area contributed by atoms with Crippen molar-refractivity contribution in [2.45, 2.75) is 17.7 Å². The van der Waals surface area contributed by atoms with E-state index in [2.05, 4.69) is 14.9 Å². The average Bonchev–Trinajstić information content (AvgIpc) is 3.15. The minimum absolute atomic E-state index is 0.199. The Balaban J connectivity index is 1.77. The highest BCUT2D eigenvalue weighted by molar-refractivity contribution is 7.91. The van der Waals surface area contributed by atoms with Gasteiger partial charge in [0.2, 0.25) is 10.0 Å². The molecule has 6 nitrogen and oxygen atoms in total. The molecule has 0 aliphatic rings. The topological polar surface area (TPSA) is 85.1 Å². The standard InChI is InChI=1S/C14H13N3O3S2/c1-10-7-12(20-17-10)13-4-5-14(21-13)22(18,19)16-9-11-3-2-6-15-8-11/h2-8,16H,9H2,1H3. The lowest BCUT2D eigenvalue weighted by Crippen LogP contribution is -2.22. The Hall–Kier alpha value is -2.03. The number of aryl methyl sites for hydroxylation is 1. The first-order valence-electron chi connectivity index (χ1n) is 6.47. The summed E-state index contributed by atoms with van der Waals surface area (Å²) < 4.78 is 32.5. The van der Waals surface area contributed by atoms with Crippen LogP contribution in [0, 0.1) is 6.92 Å². The van der Waals surface area contributed by atoms with E-state index >= 15 is 0 Å². The van der Waals surface area contributed by atoms with Crippen molar-refractivity contribution < 1.29 is 12.9 Å². The lowest BCUT2D eigenvalue weighted by Gasteiger charge is -2.04. The van der Waals surface area contributed by atoms with E-state index in [0.717, 1.165) is 27.5 Å². The molecule has 0 aliphatic carbocycles. The summed E-state index contributed by atoms with van der Waals surface area (Å²) in [4.78, 5) is 4.68. The molecule has 22 heavy (non-hydrogen) atoms. The van der Waals surface area contributed by atoms with Crippen molar-refractivity contribution >= 4 is 21.4 Å². The average molecular weight is 335 g/mol. The number of pyridine rings is 1. The second-order valence-electron chi connectivity index (χ2n) is 4.64. The van der Waals surface area contributed by atoms with Crippen LogP contribution in [-0.4, -0.2) is 18.6 Å². The number of nitrogens with one attached hydrogen (secondary N) is 1. The summed E-state index contributed by atoms with van der Waals surface area (Å²) in [5, 5.41) is 3.80. The van der Waals surface area contributed by atoms with Crippen LogP contribution >= 0.6 is 11.3 Å². The van der Waals surface area contributed by atoms with Crippen LogP contribution in [0.1, 0.15) is 11.3 Å². The fourth-order valence-corrected chi connectivity index (χ4v) is 4.15. The van der Waals surface area contributed by atoms with Gasteiger partial charge < -0.3 is 4.52 Å². The Morgan fingerprint density at radius 1 is 1.32 bits per heavy atom. The maximum absolute atomic E-state index is 12.3. The van der Waals surface area contributed by atoms with Crippen molar-refractivity contribution in [3.8, 4) is 10.6 Å². The van der Waals surface area contributed by atoms with E-state index in [1.807, 2.05) is 13.0 Å². The van der Waals surface area contributed by atoms with Gasteiger partial charge in [0.05, 0.1) is 10.6 Å². The first-order valence-corrected chi connectivity index (χ1v) is 8.77. The van der Waals surface area contributed by atoms with Gasteiger partial charge in [0.1, 0.15) is 4.21 Å². The van der Waals surface area contributed by atoms with E-state index in [0.29, 0.717) is 5.76 Å². The molecule has 3 aromatic heterocycles. The quantitative estimate of drug-likeness (QED) is 0.774. The fourth-order valence-electron chi connectivity index (χ4n) is 1.83. The van der Waals surface area contributed by atoms with Gasteiger partial charge in [-0.1, -0.05) is 11.2 Å². The van der Waals surface area contributed by atoms with Crippen LogP contribution in [0.25, 0.3) is 10.6 Å². The van der Waals surface area contributed by atoms with E-state index in [1.54, 1.807) is 36.7 Å². The van der Waals surface area contributed by atoms with Gasteiger partial charge in [-0.2, -0.15) is 0 Å². The van der Waals surface area contributed by atoms with Crippen molar-refractivity contribution in [3.05, 3.63) is 54.0 Å². The van der Waals surface area contributed by atoms with Crippen LogP contribution in [-0.2, 0) is 16.6 Å². The van der Waals surface area contributed by atoms with Gasteiger partial charge >= 0.3 is 0 Å². The highest BCUT2D eigenvalue weighted by Gasteiger charge is 2.18. The summed E-state index contributed by atoms with van der Waals surface area (Å²) in [5.74, 6) is 0.566. The zero-order valence-electron chi connectivity index (χ0n) is 11.7. The van der Waals surface area contributed by atoms with Crippen molar-refractivity contribution in [3.63, 3.8) is 0 Å². The van der Waals surface area contributed by atoms with E-state index in [4.69, 9.17) is 4.52 Å². The molecular formula is C14H13N3O3S2. The predicted octanol–water partition coefficient (Wildman–Crippen LogP) is 2.59. The van der Waals surface area contributed by atoms with Gasteiger partial charge in [0.25, 0.3) is 0 Å². The minimum atomic E-state index is -3.56. The maximum atomic E-state index is 12.3. The molecule has 0 aromatic carbocycles. The van der Waals surface area contributed by atoms with Crippen molar-refractivity contribution in [2.24, 2.45) is 0 Å². The Labute approximate surface area is 131 Å². The number of hydrogen-bond donors (Lipinski definition) is 1. The largest absolute Gasteiger partial charge is 0.355 e. The number of aromatic nitrogens is 2. The lowest BCUT2D eigenvalue weighted by molar-refractivity contribution is 0.428. The monoisotopic (exact) mass is 335 g/mol. The van der Waals surface area contributed by atoms with Crippen LogP contribution < -0.4 is 4.72 Å². The summed E-state index contributed by atoms with van der Waals surface area (Å²) in [5.41, 5.74) is 1.55. The minimum Gasteiger partial charge on any atom is -0.355 e. The first kappa shape index (κ1) is 14.9. The van der Waals surface area contributed by atoms with Crippen LogP contribution in [0.5, 0.6) is 0 Å². The highest BCUT2D eigenvalue weighted by Crippen LogP contribution is 2.31. The first-order chi connectivity index (χ1) is 10.5. The third kappa shape index (κ3) is 3.24. The molecule has 3 heterocycles. The zero-order valence-corrected chi connectivity index (χ0v) is 13.3. The van der Waals surface area contributed by atoms with Gasteiger partial charge in [0.15, 0.2) is 5.76 Å². The summed E-state index contributed by atoms with van der Waals surface area (Å²) in [7, 11) is -3.56. The van der Waals surface area contributed by atoms with Crippen LogP contribution in [0.15, 0.2) is 51.5 Å². The second kappa shape index (κ2) is 5.99. The van der Waals surface area contributed by atoms with Gasteiger partial charge in [-0.25, -0.2) is 13.1 Å². The second-order valence-corrected chi connectivity index (χ2v) is 7.71. The molecule has 0 saturated carbocycles. The summed E-state index contributed by atoms with van der Waals surface area (Å²) in [6, 6.07) is 8.61. The van der Waals surface area contributed by atoms with Crippen LogP contribution in [0.4, 0.5) is 0 Å². The number of thiophene rings is 1. The highest BCUT2D eigenvalue weighted by atomic mass is 32.2. The lowest BCUT2D eigenvalue weighted by atomic mass is 10.3. The number of rotatable bonds is 5. The smallest absolute Gasteiger partial charge is 0.250 e. The molecular weight excluding hydrogens is 322 g/mol. The molecule has 0 aliphatic heterocycles. The molecule has 0 fully saturated rings. The number of sulfonamides is 1. The molecule has 0 saturated heterocycles. The predicted molar refractivity (Wildman–Crippen MR) is 82.8 cm³/mol. The van der Waals surface area contributed by atoms with Gasteiger partial charge in [-0.05, 0) is 30.7 Å². The van der Waals surface area contributed by atoms with E-state index in [9.17, 15) is 8.42 Å².